The van der Waals surface area contributed by atoms with Crippen LogP contribution in [0.15, 0.2) is 41.6 Å². The number of carbonyl (C=O) groups is 1. The SMILES string of the molecule is CNS(=O)(=O)c1ccc(C)c(C(=O)N[C@@H](C)Cn2cccn2)c1. The number of hydrogen-bond acceptors (Lipinski definition) is 4. The summed E-state index contributed by atoms with van der Waals surface area (Å²) >= 11 is 0. The predicted octanol–water partition coefficient (Wildman–Crippen LogP) is 0.918. The van der Waals surface area contributed by atoms with Crippen molar-refractivity contribution in [1.82, 2.24) is 19.8 Å². The summed E-state index contributed by atoms with van der Waals surface area (Å²) < 4.78 is 27.7. The van der Waals surface area contributed by atoms with E-state index in [0.717, 1.165) is 0 Å². The van der Waals surface area contributed by atoms with Gasteiger partial charge >= 0.3 is 0 Å². The van der Waals surface area contributed by atoms with Crippen molar-refractivity contribution in [2.45, 2.75) is 31.3 Å². The quantitative estimate of drug-likeness (QED) is 0.820. The Morgan fingerprint density at radius 1 is 1.39 bits per heavy atom. The third kappa shape index (κ3) is 4.17. The van der Waals surface area contributed by atoms with Gasteiger partial charge in [0.05, 0.1) is 11.4 Å². The molecule has 0 fully saturated rings. The van der Waals surface area contributed by atoms with Gasteiger partial charge in [-0.2, -0.15) is 5.10 Å². The van der Waals surface area contributed by atoms with Crippen LogP contribution in [0.1, 0.15) is 22.8 Å². The Morgan fingerprint density at radius 3 is 2.74 bits per heavy atom. The second-order valence-corrected chi connectivity index (χ2v) is 7.17. The third-order valence-corrected chi connectivity index (χ3v) is 4.84. The highest BCUT2D eigenvalue weighted by Crippen LogP contribution is 2.15. The van der Waals surface area contributed by atoms with Crippen LogP contribution in [0.3, 0.4) is 0 Å². The highest BCUT2D eigenvalue weighted by atomic mass is 32.2. The molecule has 2 rings (SSSR count). The summed E-state index contributed by atoms with van der Waals surface area (Å²) in [5.74, 6) is -0.310. The fraction of sp³-hybridized carbons (Fsp3) is 0.333. The van der Waals surface area contributed by atoms with Crippen molar-refractivity contribution in [3.05, 3.63) is 47.8 Å². The average molecular weight is 336 g/mol. The summed E-state index contributed by atoms with van der Waals surface area (Å²) in [5, 5.41) is 6.95. The van der Waals surface area contributed by atoms with Crippen LogP contribution in [0.4, 0.5) is 0 Å². The van der Waals surface area contributed by atoms with Crippen molar-refractivity contribution >= 4 is 15.9 Å². The molecule has 1 atom stereocenters. The highest BCUT2D eigenvalue weighted by Gasteiger charge is 2.17. The van der Waals surface area contributed by atoms with Gasteiger partial charge in [0.1, 0.15) is 0 Å². The minimum absolute atomic E-state index is 0.0653. The van der Waals surface area contributed by atoms with E-state index >= 15 is 0 Å². The summed E-state index contributed by atoms with van der Waals surface area (Å²) in [6.07, 6.45) is 3.48. The second-order valence-electron chi connectivity index (χ2n) is 5.29. The number of aryl methyl sites for hydroxylation is 1. The molecule has 0 aliphatic rings. The zero-order chi connectivity index (χ0) is 17.0. The van der Waals surface area contributed by atoms with Crippen LogP contribution in [0.25, 0.3) is 0 Å². The van der Waals surface area contributed by atoms with Gasteiger partial charge in [-0.15, -0.1) is 0 Å². The number of carbonyl (C=O) groups excluding carboxylic acids is 1. The molecular weight excluding hydrogens is 316 g/mol. The van der Waals surface area contributed by atoms with E-state index in [-0.39, 0.29) is 16.8 Å². The normalized spacial score (nSPS) is 12.8. The minimum atomic E-state index is -3.58. The van der Waals surface area contributed by atoms with Crippen molar-refractivity contribution in [2.75, 3.05) is 7.05 Å². The fourth-order valence-corrected chi connectivity index (χ4v) is 2.92. The van der Waals surface area contributed by atoms with Crippen LogP contribution in [0.2, 0.25) is 0 Å². The lowest BCUT2D eigenvalue weighted by Gasteiger charge is -2.15. The molecule has 0 radical (unpaired) electrons. The van der Waals surface area contributed by atoms with E-state index in [0.29, 0.717) is 17.7 Å². The van der Waals surface area contributed by atoms with Gasteiger partial charge in [-0.3, -0.25) is 9.48 Å². The predicted molar refractivity (Wildman–Crippen MR) is 86.6 cm³/mol. The zero-order valence-corrected chi connectivity index (χ0v) is 14.1. The molecule has 0 aliphatic carbocycles. The lowest BCUT2D eigenvalue weighted by Crippen LogP contribution is -2.36. The molecule has 23 heavy (non-hydrogen) atoms. The van der Waals surface area contributed by atoms with E-state index in [9.17, 15) is 13.2 Å². The summed E-state index contributed by atoms with van der Waals surface area (Å²) in [7, 11) is -2.25. The maximum atomic E-state index is 12.4. The monoisotopic (exact) mass is 336 g/mol. The van der Waals surface area contributed by atoms with Gasteiger partial charge in [-0.1, -0.05) is 6.07 Å². The molecule has 1 aromatic heterocycles. The lowest BCUT2D eigenvalue weighted by atomic mass is 10.1. The minimum Gasteiger partial charge on any atom is -0.348 e. The first kappa shape index (κ1) is 17.2. The van der Waals surface area contributed by atoms with Crippen LogP contribution in [0, 0.1) is 6.92 Å². The van der Waals surface area contributed by atoms with Gasteiger partial charge in [-0.05, 0) is 44.7 Å². The van der Waals surface area contributed by atoms with Gasteiger partial charge in [0.15, 0.2) is 0 Å². The number of rotatable bonds is 6. The fourth-order valence-electron chi connectivity index (χ4n) is 2.17. The lowest BCUT2D eigenvalue weighted by molar-refractivity contribution is 0.0935. The largest absolute Gasteiger partial charge is 0.348 e. The molecule has 0 unspecified atom stereocenters. The van der Waals surface area contributed by atoms with Crippen LogP contribution in [-0.4, -0.2) is 37.2 Å². The molecule has 1 amide bonds. The molecule has 0 saturated carbocycles. The van der Waals surface area contributed by atoms with Gasteiger partial charge in [0.2, 0.25) is 10.0 Å². The van der Waals surface area contributed by atoms with E-state index < -0.39 is 10.0 Å². The number of benzene rings is 1. The van der Waals surface area contributed by atoms with Crippen LogP contribution in [0.5, 0.6) is 0 Å². The van der Waals surface area contributed by atoms with E-state index in [2.05, 4.69) is 15.1 Å². The first-order valence-electron chi connectivity index (χ1n) is 7.16. The Morgan fingerprint density at radius 2 is 2.13 bits per heavy atom. The molecule has 124 valence electrons. The molecule has 2 aromatic rings. The number of aromatic nitrogens is 2. The van der Waals surface area contributed by atoms with Gasteiger partial charge in [-0.25, -0.2) is 13.1 Å². The summed E-state index contributed by atoms with van der Waals surface area (Å²) in [4.78, 5) is 12.5. The van der Waals surface area contributed by atoms with Gasteiger partial charge in [0, 0.05) is 24.0 Å². The number of nitrogens with zero attached hydrogens (tertiary/aromatic N) is 2. The highest BCUT2D eigenvalue weighted by molar-refractivity contribution is 7.89. The molecular formula is C15H20N4O3S. The van der Waals surface area contributed by atoms with Crippen molar-refractivity contribution in [3.63, 3.8) is 0 Å². The molecule has 0 bridgehead atoms. The Kier molecular flexibility index (Phi) is 5.17. The maximum absolute atomic E-state index is 12.4. The van der Waals surface area contributed by atoms with Crippen molar-refractivity contribution in [1.29, 1.82) is 0 Å². The molecule has 0 aliphatic heterocycles. The van der Waals surface area contributed by atoms with Crippen molar-refractivity contribution in [3.8, 4) is 0 Å². The van der Waals surface area contributed by atoms with Gasteiger partial charge < -0.3 is 5.32 Å². The standard InChI is InChI=1S/C15H20N4O3S/c1-11-5-6-13(23(21,22)16-3)9-14(11)15(20)18-12(2)10-19-8-4-7-17-19/h4-9,12,16H,10H2,1-3H3,(H,18,20)/t12-/m0/s1. The van der Waals surface area contributed by atoms with Crippen molar-refractivity contribution in [2.24, 2.45) is 0 Å². The van der Waals surface area contributed by atoms with E-state index in [1.807, 2.05) is 19.2 Å². The second kappa shape index (κ2) is 6.93. The number of sulfonamides is 1. The average Bonchev–Trinajstić information content (AvgIpc) is 3.00. The molecule has 1 heterocycles. The van der Waals surface area contributed by atoms with Crippen molar-refractivity contribution < 1.29 is 13.2 Å². The first-order chi connectivity index (χ1) is 10.8. The summed E-state index contributed by atoms with van der Waals surface area (Å²) in [6, 6.07) is 6.15. The van der Waals surface area contributed by atoms with Crippen LogP contribution < -0.4 is 10.0 Å². The molecule has 0 spiro atoms. The molecule has 1 aromatic carbocycles. The summed E-state index contributed by atoms with van der Waals surface area (Å²) in [6.45, 7) is 4.16. The topological polar surface area (TPSA) is 93.1 Å². The van der Waals surface area contributed by atoms with E-state index in [4.69, 9.17) is 0 Å². The Labute approximate surface area is 135 Å². The molecule has 0 saturated heterocycles. The Bertz CT molecular complexity index is 785. The number of amides is 1. The Balaban J connectivity index is 2.17. The Hall–Kier alpha value is -2.19. The van der Waals surface area contributed by atoms with E-state index in [1.165, 1.54) is 19.2 Å². The van der Waals surface area contributed by atoms with Crippen LogP contribution in [-0.2, 0) is 16.6 Å². The van der Waals surface area contributed by atoms with E-state index in [1.54, 1.807) is 23.9 Å². The van der Waals surface area contributed by atoms with Crippen LogP contribution >= 0.6 is 0 Å². The molecule has 2 N–H and O–H groups in total. The number of hydrogen-bond donors (Lipinski definition) is 2. The first-order valence-corrected chi connectivity index (χ1v) is 8.64. The third-order valence-electron chi connectivity index (χ3n) is 3.43. The van der Waals surface area contributed by atoms with Gasteiger partial charge in [0.25, 0.3) is 5.91 Å². The molecule has 8 heteroatoms. The molecule has 7 nitrogen and oxygen atoms in total. The number of nitrogens with one attached hydrogen (secondary N) is 2. The summed E-state index contributed by atoms with van der Waals surface area (Å²) in [5.41, 5.74) is 1.05. The smallest absolute Gasteiger partial charge is 0.251 e. The zero-order valence-electron chi connectivity index (χ0n) is 13.3. The maximum Gasteiger partial charge on any atom is 0.251 e.